The fourth-order valence-electron chi connectivity index (χ4n) is 1.78. The molecule has 17 heavy (non-hydrogen) atoms. The Morgan fingerprint density at radius 3 is 2.82 bits per heavy atom. The van der Waals surface area contributed by atoms with E-state index in [0.29, 0.717) is 19.8 Å². The first-order valence-electron chi connectivity index (χ1n) is 5.58. The van der Waals surface area contributed by atoms with Gasteiger partial charge in [-0.15, -0.1) is 0 Å². The Bertz CT molecular complexity index is 381. The van der Waals surface area contributed by atoms with Gasteiger partial charge < -0.3 is 19.0 Å². The molecule has 0 fully saturated rings. The lowest BCUT2D eigenvalue weighted by molar-refractivity contribution is 0.0853. The number of rotatable bonds is 4. The van der Waals surface area contributed by atoms with Crippen LogP contribution in [0.25, 0.3) is 0 Å². The van der Waals surface area contributed by atoms with E-state index in [1.54, 1.807) is 14.2 Å². The zero-order chi connectivity index (χ0) is 12.1. The molecule has 0 radical (unpaired) electrons. The minimum Gasteiger partial charge on any atom is -0.496 e. The molecular weight excluding hydrogens is 222 g/mol. The summed E-state index contributed by atoms with van der Waals surface area (Å²) >= 11 is 0. The van der Waals surface area contributed by atoms with Crippen LogP contribution in [0.4, 0.5) is 0 Å². The molecule has 1 heterocycles. The SMILES string of the molecule is CONCc1c(OC)ccc2c1OCCCO2. The molecule has 1 aliphatic heterocycles. The highest BCUT2D eigenvalue weighted by atomic mass is 16.6. The van der Waals surface area contributed by atoms with Crippen molar-refractivity contribution in [2.24, 2.45) is 0 Å². The minimum absolute atomic E-state index is 0.506. The lowest BCUT2D eigenvalue weighted by atomic mass is 10.1. The monoisotopic (exact) mass is 239 g/mol. The van der Waals surface area contributed by atoms with Crippen LogP contribution < -0.4 is 19.7 Å². The Kier molecular flexibility index (Phi) is 4.06. The number of hydrogen-bond acceptors (Lipinski definition) is 5. The molecule has 1 aromatic rings. The van der Waals surface area contributed by atoms with Gasteiger partial charge in [0, 0.05) is 6.42 Å². The second-order valence-corrected chi connectivity index (χ2v) is 3.65. The van der Waals surface area contributed by atoms with Gasteiger partial charge in [-0.05, 0) is 12.1 Å². The van der Waals surface area contributed by atoms with E-state index in [1.807, 2.05) is 12.1 Å². The minimum atomic E-state index is 0.506. The maximum atomic E-state index is 5.72. The van der Waals surface area contributed by atoms with E-state index in [1.165, 1.54) is 0 Å². The first kappa shape index (κ1) is 12.0. The number of hydroxylamine groups is 1. The molecule has 0 amide bonds. The van der Waals surface area contributed by atoms with Crippen molar-refractivity contribution in [1.82, 2.24) is 5.48 Å². The third-order valence-electron chi connectivity index (χ3n) is 2.59. The first-order chi connectivity index (χ1) is 8.36. The predicted octanol–water partition coefficient (Wildman–Crippen LogP) is 1.51. The maximum Gasteiger partial charge on any atom is 0.169 e. The lowest BCUT2D eigenvalue weighted by Gasteiger charge is -2.15. The molecule has 0 saturated carbocycles. The Morgan fingerprint density at radius 1 is 1.24 bits per heavy atom. The normalized spacial score (nSPS) is 14.2. The number of hydrogen-bond donors (Lipinski definition) is 1. The fourth-order valence-corrected chi connectivity index (χ4v) is 1.78. The van der Waals surface area contributed by atoms with E-state index >= 15 is 0 Å². The van der Waals surface area contributed by atoms with E-state index in [4.69, 9.17) is 19.0 Å². The van der Waals surface area contributed by atoms with Gasteiger partial charge in [-0.25, -0.2) is 0 Å². The van der Waals surface area contributed by atoms with E-state index in [2.05, 4.69) is 5.48 Å². The van der Waals surface area contributed by atoms with Gasteiger partial charge in [-0.2, -0.15) is 5.48 Å². The number of nitrogens with one attached hydrogen (secondary N) is 1. The Hall–Kier alpha value is -1.46. The van der Waals surface area contributed by atoms with Gasteiger partial charge in [0.1, 0.15) is 5.75 Å². The van der Waals surface area contributed by atoms with Crippen LogP contribution >= 0.6 is 0 Å². The molecule has 0 aromatic heterocycles. The molecule has 0 bridgehead atoms. The average molecular weight is 239 g/mol. The van der Waals surface area contributed by atoms with E-state index < -0.39 is 0 Å². The molecular formula is C12H17NO4. The largest absolute Gasteiger partial charge is 0.496 e. The van der Waals surface area contributed by atoms with E-state index in [9.17, 15) is 0 Å². The Labute approximate surface area is 101 Å². The summed E-state index contributed by atoms with van der Waals surface area (Å²) in [6, 6.07) is 3.75. The zero-order valence-corrected chi connectivity index (χ0v) is 10.1. The van der Waals surface area contributed by atoms with E-state index in [-0.39, 0.29) is 0 Å². The second kappa shape index (κ2) is 5.75. The van der Waals surface area contributed by atoms with Gasteiger partial charge >= 0.3 is 0 Å². The quantitative estimate of drug-likeness (QED) is 0.807. The summed E-state index contributed by atoms with van der Waals surface area (Å²) in [5, 5.41) is 0. The van der Waals surface area contributed by atoms with Gasteiger partial charge in [0.15, 0.2) is 11.5 Å². The molecule has 1 N–H and O–H groups in total. The number of benzene rings is 1. The molecule has 1 aliphatic rings. The molecule has 5 nitrogen and oxygen atoms in total. The summed E-state index contributed by atoms with van der Waals surface area (Å²) < 4.78 is 16.7. The lowest BCUT2D eigenvalue weighted by Crippen LogP contribution is -2.13. The maximum absolute atomic E-state index is 5.72. The van der Waals surface area contributed by atoms with Crippen molar-refractivity contribution in [2.75, 3.05) is 27.4 Å². The highest BCUT2D eigenvalue weighted by Crippen LogP contribution is 2.38. The highest BCUT2D eigenvalue weighted by Gasteiger charge is 2.18. The van der Waals surface area contributed by atoms with Crippen molar-refractivity contribution >= 4 is 0 Å². The Balaban J connectivity index is 2.36. The van der Waals surface area contributed by atoms with Crippen molar-refractivity contribution in [3.63, 3.8) is 0 Å². The summed E-state index contributed by atoms with van der Waals surface area (Å²) in [6.45, 7) is 1.84. The van der Waals surface area contributed by atoms with Gasteiger partial charge in [-0.3, -0.25) is 0 Å². The molecule has 2 rings (SSSR count). The van der Waals surface area contributed by atoms with Crippen molar-refractivity contribution < 1.29 is 19.0 Å². The summed E-state index contributed by atoms with van der Waals surface area (Å²) in [6.07, 6.45) is 0.883. The van der Waals surface area contributed by atoms with Crippen molar-refractivity contribution in [2.45, 2.75) is 13.0 Å². The third-order valence-corrected chi connectivity index (χ3v) is 2.59. The number of ether oxygens (including phenoxy) is 3. The van der Waals surface area contributed by atoms with Crippen LogP contribution in [-0.4, -0.2) is 27.4 Å². The van der Waals surface area contributed by atoms with Gasteiger partial charge in [0.2, 0.25) is 0 Å². The molecule has 0 atom stereocenters. The summed E-state index contributed by atoms with van der Waals surface area (Å²) in [7, 11) is 3.21. The molecule has 94 valence electrons. The fraction of sp³-hybridized carbons (Fsp3) is 0.500. The Morgan fingerprint density at radius 2 is 2.06 bits per heavy atom. The highest BCUT2D eigenvalue weighted by molar-refractivity contribution is 5.54. The molecule has 0 aliphatic carbocycles. The summed E-state index contributed by atoms with van der Waals surface area (Å²) in [4.78, 5) is 4.87. The van der Waals surface area contributed by atoms with E-state index in [0.717, 1.165) is 29.2 Å². The topological polar surface area (TPSA) is 49.0 Å². The molecule has 0 unspecified atom stereocenters. The van der Waals surface area contributed by atoms with Crippen LogP contribution in [0.5, 0.6) is 17.2 Å². The summed E-state index contributed by atoms with van der Waals surface area (Å²) in [5.41, 5.74) is 3.71. The molecule has 5 heteroatoms. The van der Waals surface area contributed by atoms with Crippen LogP contribution in [0.1, 0.15) is 12.0 Å². The van der Waals surface area contributed by atoms with Crippen LogP contribution in [0.2, 0.25) is 0 Å². The van der Waals surface area contributed by atoms with Crippen LogP contribution in [0.15, 0.2) is 12.1 Å². The smallest absolute Gasteiger partial charge is 0.169 e. The van der Waals surface area contributed by atoms with Crippen molar-refractivity contribution in [1.29, 1.82) is 0 Å². The van der Waals surface area contributed by atoms with Crippen molar-refractivity contribution in [3.8, 4) is 17.2 Å². The number of fused-ring (bicyclic) bond motifs is 1. The third kappa shape index (κ3) is 2.62. The second-order valence-electron chi connectivity index (χ2n) is 3.65. The van der Waals surface area contributed by atoms with Crippen LogP contribution in [0, 0.1) is 0 Å². The molecule has 0 spiro atoms. The molecule has 1 aromatic carbocycles. The van der Waals surface area contributed by atoms with Crippen molar-refractivity contribution in [3.05, 3.63) is 17.7 Å². The van der Waals surface area contributed by atoms with Gasteiger partial charge in [0.25, 0.3) is 0 Å². The van der Waals surface area contributed by atoms with Gasteiger partial charge in [-0.1, -0.05) is 0 Å². The zero-order valence-electron chi connectivity index (χ0n) is 10.1. The number of methoxy groups -OCH3 is 1. The van der Waals surface area contributed by atoms with Crippen LogP contribution in [-0.2, 0) is 11.4 Å². The van der Waals surface area contributed by atoms with Gasteiger partial charge in [0.05, 0.1) is 39.5 Å². The summed E-state index contributed by atoms with van der Waals surface area (Å²) in [5.74, 6) is 2.27. The van der Waals surface area contributed by atoms with Crippen LogP contribution in [0.3, 0.4) is 0 Å². The molecule has 0 saturated heterocycles. The standard InChI is InChI=1S/C12H17NO4/c1-14-10-4-5-11-12(9(10)8-13-15-2)17-7-3-6-16-11/h4-5,13H,3,6-8H2,1-2H3. The average Bonchev–Trinajstić information content (AvgIpc) is 2.60. The predicted molar refractivity (Wildman–Crippen MR) is 62.4 cm³/mol. The first-order valence-corrected chi connectivity index (χ1v) is 5.58.